The fourth-order valence-electron chi connectivity index (χ4n) is 3.75. The SMILES string of the molecule is Cc1cc2nccc([C@H]3CCCN(C(=O)Cc4c(F)cccc4Cl)C3)n2n1. The summed E-state index contributed by atoms with van der Waals surface area (Å²) in [7, 11) is 0. The molecule has 1 aliphatic rings. The lowest BCUT2D eigenvalue weighted by molar-refractivity contribution is -0.131. The molecule has 0 radical (unpaired) electrons. The summed E-state index contributed by atoms with van der Waals surface area (Å²) < 4.78 is 15.9. The van der Waals surface area contributed by atoms with Crippen LogP contribution in [0.3, 0.4) is 0 Å². The van der Waals surface area contributed by atoms with Gasteiger partial charge in [0.2, 0.25) is 5.91 Å². The number of hydrogen-bond acceptors (Lipinski definition) is 3. The molecule has 1 amide bonds. The predicted molar refractivity (Wildman–Crippen MR) is 101 cm³/mol. The molecule has 2 aromatic heterocycles. The molecule has 140 valence electrons. The van der Waals surface area contributed by atoms with Gasteiger partial charge in [-0.1, -0.05) is 17.7 Å². The number of benzene rings is 1. The smallest absolute Gasteiger partial charge is 0.227 e. The van der Waals surface area contributed by atoms with Crippen LogP contribution in [-0.2, 0) is 11.2 Å². The van der Waals surface area contributed by atoms with Crippen molar-refractivity contribution < 1.29 is 9.18 Å². The molecule has 5 nitrogen and oxygen atoms in total. The van der Waals surface area contributed by atoms with Crippen molar-refractivity contribution in [3.8, 4) is 0 Å². The number of fused-ring (bicyclic) bond motifs is 1. The second kappa shape index (κ2) is 7.27. The first-order valence-electron chi connectivity index (χ1n) is 9.05. The van der Waals surface area contributed by atoms with Gasteiger partial charge in [0.15, 0.2) is 5.65 Å². The van der Waals surface area contributed by atoms with Crippen LogP contribution in [0.4, 0.5) is 4.39 Å². The Bertz CT molecular complexity index is 983. The molecule has 1 saturated heterocycles. The number of nitrogens with zero attached hydrogens (tertiary/aromatic N) is 4. The molecule has 0 aliphatic carbocycles. The third-order valence-corrected chi connectivity index (χ3v) is 5.45. The van der Waals surface area contributed by atoms with Crippen LogP contribution >= 0.6 is 11.6 Å². The van der Waals surface area contributed by atoms with Crippen LogP contribution in [0.2, 0.25) is 5.02 Å². The highest BCUT2D eigenvalue weighted by molar-refractivity contribution is 6.31. The zero-order valence-corrected chi connectivity index (χ0v) is 15.8. The van der Waals surface area contributed by atoms with Gasteiger partial charge < -0.3 is 4.90 Å². The summed E-state index contributed by atoms with van der Waals surface area (Å²) in [4.78, 5) is 18.9. The Kier molecular flexibility index (Phi) is 4.83. The number of aromatic nitrogens is 3. The average Bonchev–Trinajstić information content (AvgIpc) is 3.05. The first kappa shape index (κ1) is 17.9. The molecule has 1 aromatic carbocycles. The standard InChI is InChI=1S/C20H20ClFN4O/c1-13-10-19-23-8-7-18(26(19)24-13)14-4-3-9-25(12-14)20(27)11-15-16(21)5-2-6-17(15)22/h2,5-8,10,14H,3-4,9,11-12H2,1H3/t14-/m0/s1. The van der Waals surface area contributed by atoms with Gasteiger partial charge in [0.05, 0.1) is 17.8 Å². The highest BCUT2D eigenvalue weighted by Crippen LogP contribution is 2.28. The molecule has 0 saturated carbocycles. The van der Waals surface area contributed by atoms with Gasteiger partial charge in [0, 0.05) is 41.9 Å². The Morgan fingerprint density at radius 2 is 2.22 bits per heavy atom. The summed E-state index contributed by atoms with van der Waals surface area (Å²) in [6.07, 6.45) is 3.63. The number of amides is 1. The molecule has 27 heavy (non-hydrogen) atoms. The van der Waals surface area contributed by atoms with Crippen LogP contribution < -0.4 is 0 Å². The molecule has 4 rings (SSSR count). The van der Waals surface area contributed by atoms with Crippen molar-refractivity contribution in [1.29, 1.82) is 0 Å². The van der Waals surface area contributed by atoms with E-state index in [0.717, 1.165) is 29.9 Å². The van der Waals surface area contributed by atoms with Gasteiger partial charge in [-0.2, -0.15) is 5.10 Å². The number of carbonyl (C=O) groups is 1. The van der Waals surface area contributed by atoms with Gasteiger partial charge in [0.25, 0.3) is 0 Å². The number of hydrogen-bond donors (Lipinski definition) is 0. The molecular formula is C20H20ClFN4O. The van der Waals surface area contributed by atoms with Crippen LogP contribution in [0.15, 0.2) is 36.5 Å². The second-order valence-corrected chi connectivity index (χ2v) is 7.39. The van der Waals surface area contributed by atoms with E-state index in [4.69, 9.17) is 11.6 Å². The number of aryl methyl sites for hydroxylation is 1. The van der Waals surface area contributed by atoms with Crippen molar-refractivity contribution in [1.82, 2.24) is 19.5 Å². The number of likely N-dealkylation sites (tertiary alicyclic amines) is 1. The van der Waals surface area contributed by atoms with Crippen molar-refractivity contribution in [2.75, 3.05) is 13.1 Å². The molecule has 3 heterocycles. The molecule has 0 bridgehead atoms. The maximum atomic E-state index is 14.0. The molecule has 1 aliphatic heterocycles. The van der Waals surface area contributed by atoms with E-state index in [1.165, 1.54) is 6.07 Å². The topological polar surface area (TPSA) is 50.5 Å². The number of halogens is 2. The maximum Gasteiger partial charge on any atom is 0.227 e. The van der Waals surface area contributed by atoms with Gasteiger partial charge in [0.1, 0.15) is 5.82 Å². The van der Waals surface area contributed by atoms with Crippen molar-refractivity contribution >= 4 is 23.2 Å². The maximum absolute atomic E-state index is 14.0. The lowest BCUT2D eigenvalue weighted by Crippen LogP contribution is -2.40. The van der Waals surface area contributed by atoms with E-state index in [-0.39, 0.29) is 23.8 Å². The van der Waals surface area contributed by atoms with Gasteiger partial charge in [-0.05, 0) is 38.0 Å². The molecule has 0 spiro atoms. The summed E-state index contributed by atoms with van der Waals surface area (Å²) in [5, 5.41) is 4.82. The molecule has 0 N–H and O–H groups in total. The second-order valence-electron chi connectivity index (χ2n) is 6.98. The van der Waals surface area contributed by atoms with Gasteiger partial charge >= 0.3 is 0 Å². The normalized spacial score (nSPS) is 17.4. The van der Waals surface area contributed by atoms with Crippen molar-refractivity contribution in [3.63, 3.8) is 0 Å². The van der Waals surface area contributed by atoms with Gasteiger partial charge in [-0.15, -0.1) is 0 Å². The quantitative estimate of drug-likeness (QED) is 0.688. The largest absolute Gasteiger partial charge is 0.342 e. The van der Waals surface area contributed by atoms with Crippen LogP contribution in [0, 0.1) is 12.7 Å². The Morgan fingerprint density at radius 1 is 1.37 bits per heavy atom. The average molecular weight is 387 g/mol. The van der Waals surface area contributed by atoms with E-state index >= 15 is 0 Å². The van der Waals surface area contributed by atoms with Crippen LogP contribution in [0.5, 0.6) is 0 Å². The predicted octanol–water partition coefficient (Wildman–Crippen LogP) is 3.78. The summed E-state index contributed by atoms with van der Waals surface area (Å²) in [6, 6.07) is 8.39. The Morgan fingerprint density at radius 3 is 3.04 bits per heavy atom. The first-order valence-corrected chi connectivity index (χ1v) is 9.42. The van der Waals surface area contributed by atoms with Crippen LogP contribution in [-0.4, -0.2) is 38.5 Å². The van der Waals surface area contributed by atoms with Crippen molar-refractivity contribution in [2.24, 2.45) is 0 Å². The molecule has 3 aromatic rings. The molecule has 0 unspecified atom stereocenters. The minimum Gasteiger partial charge on any atom is -0.342 e. The lowest BCUT2D eigenvalue weighted by Gasteiger charge is -2.33. The van der Waals surface area contributed by atoms with Crippen molar-refractivity contribution in [3.05, 3.63) is 64.3 Å². The van der Waals surface area contributed by atoms with E-state index in [1.54, 1.807) is 23.2 Å². The monoisotopic (exact) mass is 386 g/mol. The highest BCUT2D eigenvalue weighted by atomic mass is 35.5. The summed E-state index contributed by atoms with van der Waals surface area (Å²) in [5.74, 6) is -0.371. The number of carbonyl (C=O) groups excluding carboxylic acids is 1. The van der Waals surface area contributed by atoms with Crippen molar-refractivity contribution in [2.45, 2.75) is 32.1 Å². The van der Waals surface area contributed by atoms with Gasteiger partial charge in [-0.25, -0.2) is 13.9 Å². The molecular weight excluding hydrogens is 367 g/mol. The zero-order chi connectivity index (χ0) is 19.0. The minimum absolute atomic E-state index is 0.0230. The summed E-state index contributed by atoms with van der Waals surface area (Å²) in [5.41, 5.74) is 3.04. The van der Waals surface area contributed by atoms with E-state index < -0.39 is 5.82 Å². The van der Waals surface area contributed by atoms with Gasteiger partial charge in [-0.3, -0.25) is 4.79 Å². The van der Waals surface area contributed by atoms with Crippen LogP contribution in [0.1, 0.15) is 35.7 Å². The highest BCUT2D eigenvalue weighted by Gasteiger charge is 2.27. The number of piperidine rings is 1. The lowest BCUT2D eigenvalue weighted by atomic mass is 9.94. The first-order chi connectivity index (χ1) is 13.0. The molecule has 7 heteroatoms. The zero-order valence-electron chi connectivity index (χ0n) is 15.0. The summed E-state index contributed by atoms with van der Waals surface area (Å²) in [6.45, 7) is 3.20. The van der Waals surface area contributed by atoms with E-state index in [1.807, 2.05) is 23.6 Å². The number of rotatable bonds is 3. The molecule has 1 fully saturated rings. The minimum atomic E-state index is -0.438. The fraction of sp³-hybridized carbons (Fsp3) is 0.350. The Hall–Kier alpha value is -2.47. The van der Waals surface area contributed by atoms with E-state index in [2.05, 4.69) is 10.1 Å². The molecule has 1 atom stereocenters. The Balaban J connectivity index is 1.55. The fourth-order valence-corrected chi connectivity index (χ4v) is 3.98. The summed E-state index contributed by atoms with van der Waals surface area (Å²) >= 11 is 6.08. The van der Waals surface area contributed by atoms with E-state index in [9.17, 15) is 9.18 Å². The third-order valence-electron chi connectivity index (χ3n) is 5.09. The Labute approximate surface area is 161 Å². The van der Waals surface area contributed by atoms with E-state index in [0.29, 0.717) is 18.1 Å². The third kappa shape index (κ3) is 3.54. The van der Waals surface area contributed by atoms with Crippen LogP contribution in [0.25, 0.3) is 5.65 Å².